The lowest BCUT2D eigenvalue weighted by Gasteiger charge is -2.07. The summed E-state index contributed by atoms with van der Waals surface area (Å²) in [5.41, 5.74) is 3.99. The van der Waals surface area contributed by atoms with Gasteiger partial charge in [-0.05, 0) is 54.8 Å². The maximum atomic E-state index is 12.4. The van der Waals surface area contributed by atoms with Gasteiger partial charge in [0.25, 0.3) is 11.8 Å². The van der Waals surface area contributed by atoms with Crippen molar-refractivity contribution < 1.29 is 9.59 Å². The fraction of sp³-hybridized carbons (Fsp3) is 0.115. The highest BCUT2D eigenvalue weighted by Gasteiger charge is 2.10. The first-order valence-corrected chi connectivity index (χ1v) is 9.97. The fourth-order valence-corrected chi connectivity index (χ4v) is 2.99. The number of benzene rings is 3. The van der Waals surface area contributed by atoms with Gasteiger partial charge in [0.05, 0.1) is 0 Å². The normalized spacial score (nSPS) is 10.8. The van der Waals surface area contributed by atoms with Crippen molar-refractivity contribution in [3.8, 4) is 6.07 Å². The highest BCUT2D eigenvalue weighted by Crippen LogP contribution is 2.15. The molecule has 0 aliphatic carbocycles. The summed E-state index contributed by atoms with van der Waals surface area (Å²) in [4.78, 5) is 24.8. The van der Waals surface area contributed by atoms with E-state index in [1.54, 1.807) is 36.4 Å². The standard InChI is InChI=1S/C26H23N3O2/c1-19-10-12-22(13-11-19)26(31)29-24-9-5-8-21(17-24)16-23(18-27)25(30)28-15-14-20-6-3-2-4-7-20/h2-13,16-17H,14-15H2,1H3,(H,28,30)(H,29,31)/b23-16+. The van der Waals surface area contributed by atoms with E-state index in [-0.39, 0.29) is 11.5 Å². The van der Waals surface area contributed by atoms with Gasteiger partial charge in [-0.2, -0.15) is 5.26 Å². The maximum absolute atomic E-state index is 12.4. The average Bonchev–Trinajstić information content (AvgIpc) is 2.78. The smallest absolute Gasteiger partial charge is 0.261 e. The van der Waals surface area contributed by atoms with Crippen molar-refractivity contribution >= 4 is 23.6 Å². The topological polar surface area (TPSA) is 82.0 Å². The molecule has 2 N–H and O–H groups in total. The first-order valence-electron chi connectivity index (χ1n) is 9.97. The van der Waals surface area contributed by atoms with Crippen molar-refractivity contribution in [2.24, 2.45) is 0 Å². The molecule has 0 saturated carbocycles. The Hall–Kier alpha value is -4.17. The number of carbonyl (C=O) groups excluding carboxylic acids is 2. The molecule has 31 heavy (non-hydrogen) atoms. The molecule has 3 rings (SSSR count). The number of amides is 2. The van der Waals surface area contributed by atoms with E-state index in [0.717, 1.165) is 11.1 Å². The largest absolute Gasteiger partial charge is 0.351 e. The van der Waals surface area contributed by atoms with Gasteiger partial charge in [-0.3, -0.25) is 9.59 Å². The van der Waals surface area contributed by atoms with Crippen LogP contribution in [0.5, 0.6) is 0 Å². The third-order valence-corrected chi connectivity index (χ3v) is 4.68. The molecule has 0 fully saturated rings. The minimum absolute atomic E-state index is 0.00933. The SMILES string of the molecule is Cc1ccc(C(=O)Nc2cccc(/C=C(\C#N)C(=O)NCCc3ccccc3)c2)cc1. The Balaban J connectivity index is 1.64. The van der Waals surface area contributed by atoms with E-state index in [1.807, 2.05) is 55.5 Å². The van der Waals surface area contributed by atoms with Gasteiger partial charge in [0, 0.05) is 17.8 Å². The Morgan fingerprint density at radius 2 is 1.71 bits per heavy atom. The Kier molecular flexibility index (Phi) is 7.34. The van der Waals surface area contributed by atoms with E-state index in [1.165, 1.54) is 6.08 Å². The molecule has 0 radical (unpaired) electrons. The van der Waals surface area contributed by atoms with E-state index < -0.39 is 5.91 Å². The van der Waals surface area contributed by atoms with Crippen LogP contribution in [0.2, 0.25) is 0 Å². The predicted molar refractivity (Wildman–Crippen MR) is 122 cm³/mol. The first-order chi connectivity index (χ1) is 15.0. The summed E-state index contributed by atoms with van der Waals surface area (Å²) in [5.74, 6) is -0.646. The molecule has 0 spiro atoms. The van der Waals surface area contributed by atoms with E-state index >= 15 is 0 Å². The highest BCUT2D eigenvalue weighted by molar-refractivity contribution is 6.05. The lowest BCUT2D eigenvalue weighted by molar-refractivity contribution is -0.117. The van der Waals surface area contributed by atoms with Crippen LogP contribution in [-0.4, -0.2) is 18.4 Å². The second-order valence-corrected chi connectivity index (χ2v) is 7.11. The third kappa shape index (κ3) is 6.41. The average molecular weight is 409 g/mol. The number of anilines is 1. The van der Waals surface area contributed by atoms with Gasteiger partial charge in [0.1, 0.15) is 11.6 Å². The summed E-state index contributed by atoms with van der Waals surface area (Å²) in [6, 6.07) is 26.1. The molecule has 0 heterocycles. The molecule has 3 aromatic rings. The summed E-state index contributed by atoms with van der Waals surface area (Å²) in [6.45, 7) is 2.40. The number of carbonyl (C=O) groups is 2. The van der Waals surface area contributed by atoms with Gasteiger partial charge in [-0.25, -0.2) is 0 Å². The number of rotatable bonds is 7. The lowest BCUT2D eigenvalue weighted by atomic mass is 10.1. The van der Waals surface area contributed by atoms with Crippen LogP contribution in [0.25, 0.3) is 6.08 Å². The van der Waals surface area contributed by atoms with Gasteiger partial charge >= 0.3 is 0 Å². The van der Waals surface area contributed by atoms with Gasteiger partial charge < -0.3 is 10.6 Å². The van der Waals surface area contributed by atoms with Crippen LogP contribution in [0.3, 0.4) is 0 Å². The number of aryl methyl sites for hydroxylation is 1. The molecule has 2 amide bonds. The van der Waals surface area contributed by atoms with Crippen molar-refractivity contribution in [1.29, 1.82) is 5.26 Å². The van der Waals surface area contributed by atoms with Crippen LogP contribution in [0, 0.1) is 18.3 Å². The van der Waals surface area contributed by atoms with Crippen LogP contribution in [0.1, 0.15) is 27.0 Å². The van der Waals surface area contributed by atoms with Crippen molar-refractivity contribution in [1.82, 2.24) is 5.32 Å². The van der Waals surface area contributed by atoms with Crippen LogP contribution >= 0.6 is 0 Å². The summed E-state index contributed by atoms with van der Waals surface area (Å²) < 4.78 is 0. The van der Waals surface area contributed by atoms with Crippen molar-refractivity contribution in [2.75, 3.05) is 11.9 Å². The van der Waals surface area contributed by atoms with Gasteiger partial charge in [-0.15, -0.1) is 0 Å². The van der Waals surface area contributed by atoms with Crippen LogP contribution in [-0.2, 0) is 11.2 Å². The Morgan fingerprint density at radius 1 is 0.968 bits per heavy atom. The van der Waals surface area contributed by atoms with Gasteiger partial charge in [-0.1, -0.05) is 60.2 Å². The zero-order valence-corrected chi connectivity index (χ0v) is 17.3. The molecule has 5 nitrogen and oxygen atoms in total. The summed E-state index contributed by atoms with van der Waals surface area (Å²) in [6.07, 6.45) is 2.20. The quantitative estimate of drug-likeness (QED) is 0.445. The first kappa shape index (κ1) is 21.5. The van der Waals surface area contributed by atoms with Crippen molar-refractivity contribution in [3.63, 3.8) is 0 Å². The van der Waals surface area contributed by atoms with Crippen LogP contribution in [0.15, 0.2) is 84.4 Å². The number of nitrogens with zero attached hydrogens (tertiary/aromatic N) is 1. The molecule has 3 aromatic carbocycles. The summed E-state index contributed by atoms with van der Waals surface area (Å²) >= 11 is 0. The number of hydrogen-bond donors (Lipinski definition) is 2. The van der Waals surface area contributed by atoms with E-state index in [4.69, 9.17) is 0 Å². The molecule has 0 atom stereocenters. The molecule has 0 bridgehead atoms. The molecule has 0 aliphatic heterocycles. The molecular formula is C26H23N3O2. The lowest BCUT2D eigenvalue weighted by Crippen LogP contribution is -2.26. The Morgan fingerprint density at radius 3 is 2.42 bits per heavy atom. The minimum Gasteiger partial charge on any atom is -0.351 e. The van der Waals surface area contributed by atoms with Crippen molar-refractivity contribution in [3.05, 3.63) is 107 Å². The van der Waals surface area contributed by atoms with E-state index in [0.29, 0.717) is 29.8 Å². The molecule has 0 aromatic heterocycles. The van der Waals surface area contributed by atoms with E-state index in [2.05, 4.69) is 10.6 Å². The van der Waals surface area contributed by atoms with Crippen LogP contribution < -0.4 is 10.6 Å². The number of hydrogen-bond acceptors (Lipinski definition) is 3. The van der Waals surface area contributed by atoms with Crippen LogP contribution in [0.4, 0.5) is 5.69 Å². The molecule has 0 saturated heterocycles. The molecule has 0 aliphatic rings. The van der Waals surface area contributed by atoms with Gasteiger partial charge in [0.2, 0.25) is 0 Å². The van der Waals surface area contributed by atoms with Crippen molar-refractivity contribution in [2.45, 2.75) is 13.3 Å². The number of nitriles is 1. The fourth-order valence-electron chi connectivity index (χ4n) is 2.99. The highest BCUT2D eigenvalue weighted by atomic mass is 16.2. The third-order valence-electron chi connectivity index (χ3n) is 4.68. The second kappa shape index (κ2) is 10.6. The Bertz CT molecular complexity index is 1130. The molecular weight excluding hydrogens is 386 g/mol. The minimum atomic E-state index is -0.424. The monoisotopic (exact) mass is 409 g/mol. The molecule has 154 valence electrons. The summed E-state index contributed by atoms with van der Waals surface area (Å²) in [5, 5.41) is 15.0. The predicted octanol–water partition coefficient (Wildman–Crippen LogP) is 4.51. The molecule has 0 unspecified atom stereocenters. The maximum Gasteiger partial charge on any atom is 0.261 e. The Labute approximate surface area is 182 Å². The molecule has 5 heteroatoms. The summed E-state index contributed by atoms with van der Waals surface area (Å²) in [7, 11) is 0. The van der Waals surface area contributed by atoms with E-state index in [9.17, 15) is 14.9 Å². The number of nitrogens with one attached hydrogen (secondary N) is 2. The zero-order chi connectivity index (χ0) is 22.1. The zero-order valence-electron chi connectivity index (χ0n) is 17.3. The van der Waals surface area contributed by atoms with Gasteiger partial charge in [0.15, 0.2) is 0 Å². The second-order valence-electron chi connectivity index (χ2n) is 7.11.